The van der Waals surface area contributed by atoms with E-state index in [0.717, 1.165) is 23.8 Å². The minimum Gasteiger partial charge on any atom is -0.385 e. The van der Waals surface area contributed by atoms with Crippen LogP contribution >= 0.6 is 11.8 Å². The number of rotatable bonds is 4. The van der Waals surface area contributed by atoms with E-state index in [4.69, 9.17) is 5.73 Å². The molecule has 1 unspecified atom stereocenters. The third-order valence-electron chi connectivity index (χ3n) is 2.53. The second-order valence-corrected chi connectivity index (χ2v) is 4.59. The van der Waals surface area contributed by atoms with Gasteiger partial charge in [-0.05, 0) is 5.92 Å². The van der Waals surface area contributed by atoms with Gasteiger partial charge in [-0.1, -0.05) is 20.3 Å². The van der Waals surface area contributed by atoms with E-state index < -0.39 is 6.10 Å². The summed E-state index contributed by atoms with van der Waals surface area (Å²) >= 11 is 1.63. The van der Waals surface area contributed by atoms with Crippen molar-refractivity contribution >= 4 is 16.8 Å². The number of nitrogens with two attached hydrogens (primary N) is 1. The Balaban J connectivity index is 2.50. The standard InChI is InChI=1S/C9H18N2OS/c1-3-6(2)7(10)8(12)9-11-4-5-13-9/h6-8,12H,3-5,10H2,1-2H3/t6-,7+,8?/m1/s1. The predicted octanol–water partition coefficient (Wildman–Crippen LogP) is 0.866. The van der Waals surface area contributed by atoms with Gasteiger partial charge in [-0.3, -0.25) is 4.99 Å². The first-order valence-electron chi connectivity index (χ1n) is 4.77. The Kier molecular flexibility index (Phi) is 4.22. The van der Waals surface area contributed by atoms with Crippen LogP contribution < -0.4 is 5.73 Å². The summed E-state index contributed by atoms with van der Waals surface area (Å²) < 4.78 is 0. The van der Waals surface area contributed by atoms with Gasteiger partial charge in [0.15, 0.2) is 0 Å². The summed E-state index contributed by atoms with van der Waals surface area (Å²) in [5, 5.41) is 10.7. The molecule has 3 atom stereocenters. The van der Waals surface area contributed by atoms with E-state index >= 15 is 0 Å². The number of aliphatic hydroxyl groups is 1. The van der Waals surface area contributed by atoms with Gasteiger partial charge < -0.3 is 10.8 Å². The number of nitrogens with zero attached hydrogens (tertiary/aromatic N) is 1. The van der Waals surface area contributed by atoms with E-state index in [1.807, 2.05) is 0 Å². The normalized spacial score (nSPS) is 23.8. The van der Waals surface area contributed by atoms with Crippen molar-refractivity contribution < 1.29 is 5.11 Å². The molecule has 1 aliphatic rings. The first-order valence-corrected chi connectivity index (χ1v) is 5.76. The van der Waals surface area contributed by atoms with Crippen molar-refractivity contribution in [3.05, 3.63) is 0 Å². The van der Waals surface area contributed by atoms with Crippen LogP contribution in [0.3, 0.4) is 0 Å². The maximum absolute atomic E-state index is 9.84. The summed E-state index contributed by atoms with van der Waals surface area (Å²) in [6, 6.07) is -0.172. The minimum absolute atomic E-state index is 0.172. The molecule has 1 aliphatic heterocycles. The summed E-state index contributed by atoms with van der Waals surface area (Å²) in [5.74, 6) is 1.33. The van der Waals surface area contributed by atoms with Crippen molar-refractivity contribution in [3.8, 4) is 0 Å². The van der Waals surface area contributed by atoms with Gasteiger partial charge in [-0.15, -0.1) is 11.8 Å². The highest BCUT2D eigenvalue weighted by Crippen LogP contribution is 2.19. The fourth-order valence-electron chi connectivity index (χ4n) is 1.28. The van der Waals surface area contributed by atoms with E-state index in [9.17, 15) is 5.11 Å². The Bertz CT molecular complexity index is 196. The molecular formula is C9H18N2OS. The molecule has 3 N–H and O–H groups in total. The molecule has 0 fully saturated rings. The Hall–Kier alpha value is -0.0600. The molecule has 0 aliphatic carbocycles. The van der Waals surface area contributed by atoms with Gasteiger partial charge in [0.2, 0.25) is 0 Å². The van der Waals surface area contributed by atoms with Gasteiger partial charge >= 0.3 is 0 Å². The molecule has 0 saturated carbocycles. The molecular weight excluding hydrogens is 184 g/mol. The topological polar surface area (TPSA) is 58.6 Å². The highest BCUT2D eigenvalue weighted by molar-refractivity contribution is 8.14. The third-order valence-corrected chi connectivity index (χ3v) is 3.58. The Morgan fingerprint density at radius 2 is 2.38 bits per heavy atom. The maximum Gasteiger partial charge on any atom is 0.117 e. The SMILES string of the molecule is CC[C@@H](C)[C@H](N)C(O)C1=NCCS1. The predicted molar refractivity (Wildman–Crippen MR) is 58.2 cm³/mol. The van der Waals surface area contributed by atoms with Crippen molar-refractivity contribution in [1.82, 2.24) is 0 Å². The average Bonchev–Trinajstić information content (AvgIpc) is 2.67. The summed E-state index contributed by atoms with van der Waals surface area (Å²) in [6.07, 6.45) is 0.443. The van der Waals surface area contributed by atoms with Crippen molar-refractivity contribution in [2.75, 3.05) is 12.3 Å². The van der Waals surface area contributed by atoms with Crippen LogP contribution in [0.15, 0.2) is 4.99 Å². The average molecular weight is 202 g/mol. The smallest absolute Gasteiger partial charge is 0.117 e. The number of hydrogen-bond donors (Lipinski definition) is 2. The summed E-state index contributed by atoms with van der Waals surface area (Å²) in [4.78, 5) is 4.22. The number of aliphatic hydroxyl groups excluding tert-OH is 1. The van der Waals surface area contributed by atoms with Gasteiger partial charge in [-0.25, -0.2) is 0 Å². The third kappa shape index (κ3) is 2.69. The van der Waals surface area contributed by atoms with E-state index in [2.05, 4.69) is 18.8 Å². The second-order valence-electron chi connectivity index (χ2n) is 3.48. The highest BCUT2D eigenvalue weighted by atomic mass is 32.2. The van der Waals surface area contributed by atoms with Gasteiger partial charge in [0.25, 0.3) is 0 Å². The van der Waals surface area contributed by atoms with E-state index in [1.54, 1.807) is 11.8 Å². The van der Waals surface area contributed by atoms with E-state index in [-0.39, 0.29) is 6.04 Å². The molecule has 0 radical (unpaired) electrons. The fourth-order valence-corrected chi connectivity index (χ4v) is 2.18. The maximum atomic E-state index is 9.84. The Morgan fingerprint density at radius 1 is 1.69 bits per heavy atom. The number of aliphatic imine (C=N–C) groups is 1. The van der Waals surface area contributed by atoms with Gasteiger partial charge in [0.1, 0.15) is 6.10 Å². The van der Waals surface area contributed by atoms with Crippen LogP contribution in [0.4, 0.5) is 0 Å². The van der Waals surface area contributed by atoms with E-state index in [0.29, 0.717) is 5.92 Å². The summed E-state index contributed by atoms with van der Waals surface area (Å²) in [5.41, 5.74) is 5.91. The lowest BCUT2D eigenvalue weighted by molar-refractivity contribution is 0.181. The summed E-state index contributed by atoms with van der Waals surface area (Å²) in [6.45, 7) is 4.97. The van der Waals surface area contributed by atoms with Crippen LogP contribution in [0.5, 0.6) is 0 Å². The van der Waals surface area contributed by atoms with Crippen LogP contribution in [0.2, 0.25) is 0 Å². The minimum atomic E-state index is -0.553. The Labute approximate surface area is 83.8 Å². The zero-order valence-electron chi connectivity index (χ0n) is 8.23. The molecule has 0 aromatic rings. The van der Waals surface area contributed by atoms with Gasteiger partial charge in [-0.2, -0.15) is 0 Å². The molecule has 1 heterocycles. The lowest BCUT2D eigenvalue weighted by atomic mass is 9.96. The lowest BCUT2D eigenvalue weighted by Gasteiger charge is -2.23. The second kappa shape index (κ2) is 4.98. The molecule has 4 heteroatoms. The largest absolute Gasteiger partial charge is 0.385 e. The zero-order valence-corrected chi connectivity index (χ0v) is 9.05. The molecule has 0 amide bonds. The van der Waals surface area contributed by atoms with Crippen molar-refractivity contribution in [2.45, 2.75) is 32.4 Å². The lowest BCUT2D eigenvalue weighted by Crippen LogP contribution is -2.43. The summed E-state index contributed by atoms with van der Waals surface area (Å²) in [7, 11) is 0. The van der Waals surface area contributed by atoms with Crippen LogP contribution in [0.25, 0.3) is 0 Å². The molecule has 0 bridgehead atoms. The Morgan fingerprint density at radius 3 is 2.85 bits per heavy atom. The fraction of sp³-hybridized carbons (Fsp3) is 0.889. The molecule has 0 aromatic heterocycles. The first-order chi connectivity index (χ1) is 6.16. The van der Waals surface area contributed by atoms with Gasteiger partial charge in [0, 0.05) is 18.3 Å². The van der Waals surface area contributed by atoms with Crippen molar-refractivity contribution in [2.24, 2.45) is 16.6 Å². The first kappa shape index (κ1) is 11.0. The molecule has 13 heavy (non-hydrogen) atoms. The van der Waals surface area contributed by atoms with Crippen molar-refractivity contribution in [3.63, 3.8) is 0 Å². The highest BCUT2D eigenvalue weighted by Gasteiger charge is 2.26. The molecule has 0 saturated heterocycles. The van der Waals surface area contributed by atoms with Crippen LogP contribution in [-0.4, -0.2) is 34.6 Å². The van der Waals surface area contributed by atoms with Crippen LogP contribution in [0.1, 0.15) is 20.3 Å². The number of hydrogen-bond acceptors (Lipinski definition) is 4. The molecule has 3 nitrogen and oxygen atoms in total. The van der Waals surface area contributed by atoms with Gasteiger partial charge in [0.05, 0.1) is 5.04 Å². The molecule has 1 rings (SSSR count). The van der Waals surface area contributed by atoms with E-state index in [1.165, 1.54) is 0 Å². The molecule has 0 aromatic carbocycles. The molecule has 0 spiro atoms. The van der Waals surface area contributed by atoms with Crippen LogP contribution in [-0.2, 0) is 0 Å². The quantitative estimate of drug-likeness (QED) is 0.711. The monoisotopic (exact) mass is 202 g/mol. The number of thioether (sulfide) groups is 1. The zero-order chi connectivity index (χ0) is 9.84. The molecule has 76 valence electrons. The van der Waals surface area contributed by atoms with Crippen molar-refractivity contribution in [1.29, 1.82) is 0 Å². The van der Waals surface area contributed by atoms with Crippen LogP contribution in [0, 0.1) is 5.92 Å².